The summed E-state index contributed by atoms with van der Waals surface area (Å²) in [7, 11) is 0. The van der Waals surface area contributed by atoms with E-state index in [0.717, 1.165) is 50.1 Å². The van der Waals surface area contributed by atoms with E-state index >= 15 is 0 Å². The van der Waals surface area contributed by atoms with Crippen molar-refractivity contribution in [2.24, 2.45) is 0 Å². The van der Waals surface area contributed by atoms with Crippen LogP contribution in [-0.4, -0.2) is 41.0 Å². The van der Waals surface area contributed by atoms with Crippen LogP contribution in [0.1, 0.15) is 24.8 Å². The summed E-state index contributed by atoms with van der Waals surface area (Å²) in [4.78, 5) is 11.5. The van der Waals surface area contributed by atoms with Crippen molar-refractivity contribution in [3.8, 4) is 0 Å². The van der Waals surface area contributed by atoms with Crippen molar-refractivity contribution in [1.82, 2.24) is 14.9 Å². The fourth-order valence-corrected chi connectivity index (χ4v) is 3.85. The first-order valence-electron chi connectivity index (χ1n) is 10.3. The van der Waals surface area contributed by atoms with Gasteiger partial charge in [0.25, 0.3) is 0 Å². The maximum Gasteiger partial charge on any atom is 0.416 e. The molecule has 1 aromatic heterocycles. The molecule has 0 bridgehead atoms. The molecule has 0 radical (unpaired) electrons. The number of hydrogen-bond donors (Lipinski definition) is 2. The van der Waals surface area contributed by atoms with Crippen LogP contribution in [0.25, 0.3) is 10.9 Å². The van der Waals surface area contributed by atoms with Gasteiger partial charge in [-0.1, -0.05) is 11.6 Å². The van der Waals surface area contributed by atoms with Crippen molar-refractivity contribution >= 4 is 40.0 Å². The minimum atomic E-state index is -4.37. The van der Waals surface area contributed by atoms with Crippen molar-refractivity contribution in [2.45, 2.75) is 25.4 Å². The van der Waals surface area contributed by atoms with Crippen LogP contribution in [0.2, 0.25) is 5.02 Å². The van der Waals surface area contributed by atoms with Crippen molar-refractivity contribution in [3.05, 3.63) is 53.1 Å². The van der Waals surface area contributed by atoms with Gasteiger partial charge in [0.1, 0.15) is 5.82 Å². The standard InChI is InChI=1S/C22H23ClF3N5/c23-16-6-9-19-18(14-16)20(27-10-3-13-31-11-1-2-12-31)30-21(29-19)28-17-7-4-15(5-8-17)22(24,25)26/h4-9,14H,1-3,10-13H2,(H2,27,28,29,30). The number of fused-ring (bicyclic) bond motifs is 1. The van der Waals surface area contributed by atoms with E-state index in [9.17, 15) is 13.2 Å². The topological polar surface area (TPSA) is 53.1 Å². The van der Waals surface area contributed by atoms with Gasteiger partial charge in [-0.2, -0.15) is 18.2 Å². The van der Waals surface area contributed by atoms with Gasteiger partial charge < -0.3 is 15.5 Å². The minimum absolute atomic E-state index is 0.302. The molecule has 0 saturated carbocycles. The molecule has 0 spiro atoms. The van der Waals surface area contributed by atoms with Crippen LogP contribution in [0.3, 0.4) is 0 Å². The SMILES string of the molecule is FC(F)(F)c1ccc(Nc2nc(NCCCN3CCCC3)c3cc(Cl)ccc3n2)cc1. The predicted molar refractivity (Wildman–Crippen MR) is 118 cm³/mol. The van der Waals surface area contributed by atoms with E-state index in [0.29, 0.717) is 28.0 Å². The predicted octanol–water partition coefficient (Wildman–Crippen LogP) is 5.94. The van der Waals surface area contributed by atoms with E-state index in [1.165, 1.54) is 25.0 Å². The molecule has 1 aliphatic heterocycles. The first-order valence-corrected chi connectivity index (χ1v) is 10.6. The van der Waals surface area contributed by atoms with Gasteiger partial charge in [-0.3, -0.25) is 0 Å². The third kappa shape index (κ3) is 5.57. The zero-order valence-corrected chi connectivity index (χ0v) is 17.6. The second kappa shape index (κ2) is 9.28. The summed E-state index contributed by atoms with van der Waals surface area (Å²) in [5.74, 6) is 0.944. The average Bonchev–Trinajstić information content (AvgIpc) is 3.25. The smallest absolute Gasteiger partial charge is 0.369 e. The van der Waals surface area contributed by atoms with E-state index in [-0.39, 0.29) is 0 Å². The zero-order valence-electron chi connectivity index (χ0n) is 16.8. The fourth-order valence-electron chi connectivity index (χ4n) is 3.68. The Labute approximate surface area is 183 Å². The maximum absolute atomic E-state index is 12.8. The maximum atomic E-state index is 12.8. The summed E-state index contributed by atoms with van der Waals surface area (Å²) in [6.07, 6.45) is -0.861. The normalized spacial score (nSPS) is 14.8. The van der Waals surface area contributed by atoms with Crippen LogP contribution in [-0.2, 0) is 6.18 Å². The molecule has 0 aliphatic carbocycles. The van der Waals surface area contributed by atoms with Crippen LogP contribution in [0.5, 0.6) is 0 Å². The zero-order chi connectivity index (χ0) is 21.8. The summed E-state index contributed by atoms with van der Waals surface area (Å²) in [5.41, 5.74) is 0.463. The highest BCUT2D eigenvalue weighted by molar-refractivity contribution is 6.31. The molecule has 1 aliphatic rings. The molecule has 0 atom stereocenters. The monoisotopic (exact) mass is 449 g/mol. The molecular formula is C22H23ClF3N5. The number of rotatable bonds is 7. The molecule has 164 valence electrons. The van der Waals surface area contributed by atoms with Crippen molar-refractivity contribution < 1.29 is 13.2 Å². The summed E-state index contributed by atoms with van der Waals surface area (Å²) < 4.78 is 38.4. The molecule has 1 saturated heterocycles. The quantitative estimate of drug-likeness (QED) is 0.437. The van der Waals surface area contributed by atoms with Gasteiger partial charge in [0, 0.05) is 22.6 Å². The van der Waals surface area contributed by atoms with Crippen LogP contribution < -0.4 is 10.6 Å². The number of likely N-dealkylation sites (tertiary alicyclic amines) is 1. The molecule has 0 amide bonds. The van der Waals surface area contributed by atoms with Crippen LogP contribution in [0.15, 0.2) is 42.5 Å². The molecule has 0 unspecified atom stereocenters. The molecule has 5 nitrogen and oxygen atoms in total. The lowest BCUT2D eigenvalue weighted by molar-refractivity contribution is -0.137. The second-order valence-corrected chi connectivity index (χ2v) is 8.02. The van der Waals surface area contributed by atoms with Crippen LogP contribution >= 0.6 is 11.6 Å². The molecule has 2 N–H and O–H groups in total. The molecule has 1 fully saturated rings. The molecule has 3 aromatic rings. The second-order valence-electron chi connectivity index (χ2n) is 7.59. The van der Waals surface area contributed by atoms with Crippen LogP contribution in [0.4, 0.5) is 30.6 Å². The number of benzene rings is 2. The van der Waals surface area contributed by atoms with E-state index < -0.39 is 11.7 Å². The molecule has 4 rings (SSSR count). The van der Waals surface area contributed by atoms with Crippen LogP contribution in [0, 0.1) is 0 Å². The third-order valence-electron chi connectivity index (χ3n) is 5.27. The lowest BCUT2D eigenvalue weighted by Crippen LogP contribution is -2.22. The number of nitrogens with zero attached hydrogens (tertiary/aromatic N) is 3. The number of aromatic nitrogens is 2. The van der Waals surface area contributed by atoms with Gasteiger partial charge in [-0.15, -0.1) is 0 Å². The first kappa shape index (κ1) is 21.6. The van der Waals surface area contributed by atoms with E-state index in [4.69, 9.17) is 11.6 Å². The van der Waals surface area contributed by atoms with E-state index in [2.05, 4.69) is 25.5 Å². The van der Waals surface area contributed by atoms with E-state index in [1.54, 1.807) is 12.1 Å². The third-order valence-corrected chi connectivity index (χ3v) is 5.50. The summed E-state index contributed by atoms with van der Waals surface area (Å²) in [6, 6.07) is 10.1. The highest BCUT2D eigenvalue weighted by Crippen LogP contribution is 2.31. The number of anilines is 3. The Hall–Kier alpha value is -2.58. The Morgan fingerprint density at radius 1 is 1.00 bits per heavy atom. The van der Waals surface area contributed by atoms with Gasteiger partial charge in [-0.05, 0) is 81.4 Å². The summed E-state index contributed by atoms with van der Waals surface area (Å²) >= 11 is 6.16. The number of halogens is 4. The van der Waals surface area contributed by atoms with Gasteiger partial charge in [-0.25, -0.2) is 4.98 Å². The molecule has 9 heteroatoms. The Kier molecular flexibility index (Phi) is 6.48. The van der Waals surface area contributed by atoms with E-state index in [1.807, 2.05) is 6.07 Å². The Morgan fingerprint density at radius 2 is 1.74 bits per heavy atom. The van der Waals surface area contributed by atoms with Gasteiger partial charge in [0.05, 0.1) is 11.1 Å². The first-order chi connectivity index (χ1) is 14.9. The van der Waals surface area contributed by atoms with Crippen molar-refractivity contribution in [1.29, 1.82) is 0 Å². The van der Waals surface area contributed by atoms with Gasteiger partial charge in [0.2, 0.25) is 5.95 Å². The highest BCUT2D eigenvalue weighted by Gasteiger charge is 2.30. The Bertz CT molecular complexity index is 1030. The highest BCUT2D eigenvalue weighted by atomic mass is 35.5. The summed E-state index contributed by atoms with van der Waals surface area (Å²) in [5, 5.41) is 7.74. The van der Waals surface area contributed by atoms with Gasteiger partial charge in [0.15, 0.2) is 0 Å². The lowest BCUT2D eigenvalue weighted by Gasteiger charge is -2.16. The summed E-state index contributed by atoms with van der Waals surface area (Å²) in [6.45, 7) is 4.10. The lowest BCUT2D eigenvalue weighted by atomic mass is 10.2. The molecular weight excluding hydrogens is 427 g/mol. The number of alkyl halides is 3. The minimum Gasteiger partial charge on any atom is -0.369 e. The van der Waals surface area contributed by atoms with Crippen molar-refractivity contribution in [2.75, 3.05) is 36.8 Å². The Morgan fingerprint density at radius 3 is 2.45 bits per heavy atom. The fraction of sp³-hybridized carbons (Fsp3) is 0.364. The van der Waals surface area contributed by atoms with Gasteiger partial charge >= 0.3 is 6.18 Å². The molecule has 2 heterocycles. The molecule has 31 heavy (non-hydrogen) atoms. The number of nitrogens with one attached hydrogen (secondary N) is 2. The molecule has 2 aromatic carbocycles. The average molecular weight is 450 g/mol. The Balaban J connectivity index is 1.51. The largest absolute Gasteiger partial charge is 0.416 e. The number of hydrogen-bond acceptors (Lipinski definition) is 5. The van der Waals surface area contributed by atoms with Crippen molar-refractivity contribution in [3.63, 3.8) is 0 Å².